The molecule has 0 aliphatic carbocycles. The molecule has 1 N–H and O–H groups in total. The molecule has 0 aliphatic heterocycles. The van der Waals surface area contributed by atoms with Crippen LogP contribution in [0.1, 0.15) is 29.7 Å². The van der Waals surface area contributed by atoms with Crippen LogP contribution in [0.3, 0.4) is 0 Å². The molecule has 0 spiro atoms. The molecule has 0 bridgehead atoms. The summed E-state index contributed by atoms with van der Waals surface area (Å²) in [5.41, 5.74) is 3.43. The number of nitrogens with one attached hydrogen (secondary N) is 1. The summed E-state index contributed by atoms with van der Waals surface area (Å²) >= 11 is 0. The van der Waals surface area contributed by atoms with E-state index in [0.29, 0.717) is 6.54 Å². The molecule has 2 aromatic rings. The number of aromatic nitrogens is 2. The Morgan fingerprint density at radius 3 is 2.58 bits per heavy atom. The van der Waals surface area contributed by atoms with Gasteiger partial charge < -0.3 is 10.2 Å². The summed E-state index contributed by atoms with van der Waals surface area (Å²) in [7, 11) is 5.90. The fourth-order valence-electron chi connectivity index (χ4n) is 2.53. The molecule has 5 heteroatoms. The van der Waals surface area contributed by atoms with Crippen molar-refractivity contribution in [2.75, 3.05) is 20.6 Å². The van der Waals surface area contributed by atoms with E-state index in [0.717, 1.165) is 12.0 Å². The highest BCUT2D eigenvalue weighted by molar-refractivity contribution is 5.91. The molecular weight excluding hydrogens is 300 g/mol. The van der Waals surface area contributed by atoms with Crippen LogP contribution in [0.5, 0.6) is 0 Å². The van der Waals surface area contributed by atoms with Crippen molar-refractivity contribution >= 4 is 12.0 Å². The van der Waals surface area contributed by atoms with E-state index < -0.39 is 0 Å². The highest BCUT2D eigenvalue weighted by atomic mass is 16.1. The number of rotatable bonds is 7. The lowest BCUT2D eigenvalue weighted by Gasteiger charge is -2.25. The molecule has 24 heavy (non-hydrogen) atoms. The molecule has 0 aliphatic rings. The molecule has 1 amide bonds. The molecule has 1 aromatic carbocycles. The van der Waals surface area contributed by atoms with Crippen molar-refractivity contribution in [1.29, 1.82) is 0 Å². The van der Waals surface area contributed by atoms with E-state index in [1.54, 1.807) is 23.0 Å². The second-order valence-electron chi connectivity index (χ2n) is 6.10. The third kappa shape index (κ3) is 5.06. The molecular formula is C19H26N4O. The van der Waals surface area contributed by atoms with Crippen LogP contribution < -0.4 is 5.32 Å². The van der Waals surface area contributed by atoms with Crippen molar-refractivity contribution in [3.8, 4) is 0 Å². The van der Waals surface area contributed by atoms with Crippen molar-refractivity contribution in [3.05, 3.63) is 59.4 Å². The molecule has 5 nitrogen and oxygen atoms in total. The van der Waals surface area contributed by atoms with E-state index in [9.17, 15) is 4.79 Å². The van der Waals surface area contributed by atoms with Gasteiger partial charge in [-0.15, -0.1) is 0 Å². The Morgan fingerprint density at radius 2 is 2.04 bits per heavy atom. The van der Waals surface area contributed by atoms with Gasteiger partial charge in [0.15, 0.2) is 0 Å². The van der Waals surface area contributed by atoms with Gasteiger partial charge in [-0.1, -0.05) is 31.2 Å². The van der Waals surface area contributed by atoms with Gasteiger partial charge in [-0.2, -0.15) is 5.10 Å². The molecule has 1 unspecified atom stereocenters. The number of benzene rings is 1. The topological polar surface area (TPSA) is 50.2 Å². The average Bonchev–Trinajstić information content (AvgIpc) is 2.99. The predicted molar refractivity (Wildman–Crippen MR) is 97.5 cm³/mol. The zero-order valence-electron chi connectivity index (χ0n) is 14.9. The minimum atomic E-state index is -0.101. The molecule has 128 valence electrons. The van der Waals surface area contributed by atoms with Crippen molar-refractivity contribution < 1.29 is 4.79 Å². The number of hydrogen-bond donors (Lipinski definition) is 1. The van der Waals surface area contributed by atoms with E-state index >= 15 is 0 Å². The summed E-state index contributed by atoms with van der Waals surface area (Å²) in [4.78, 5) is 14.2. The van der Waals surface area contributed by atoms with Crippen LogP contribution in [0, 0.1) is 0 Å². The van der Waals surface area contributed by atoms with Crippen LogP contribution in [0.4, 0.5) is 0 Å². The summed E-state index contributed by atoms with van der Waals surface area (Å²) < 4.78 is 1.71. The van der Waals surface area contributed by atoms with Crippen LogP contribution in [-0.2, 0) is 18.3 Å². The smallest absolute Gasteiger partial charge is 0.244 e. The predicted octanol–water partition coefficient (Wildman–Crippen LogP) is 2.41. The van der Waals surface area contributed by atoms with Gasteiger partial charge in [0.25, 0.3) is 0 Å². The largest absolute Gasteiger partial charge is 0.351 e. The van der Waals surface area contributed by atoms with Gasteiger partial charge in [0, 0.05) is 31.4 Å². The molecule has 0 saturated heterocycles. The monoisotopic (exact) mass is 326 g/mol. The maximum Gasteiger partial charge on any atom is 0.244 e. The van der Waals surface area contributed by atoms with E-state index in [1.807, 2.05) is 27.3 Å². The van der Waals surface area contributed by atoms with Gasteiger partial charge in [-0.3, -0.25) is 9.48 Å². The Bertz CT molecular complexity index is 686. The summed E-state index contributed by atoms with van der Waals surface area (Å²) in [6.45, 7) is 2.71. The SMILES string of the molecule is CCc1ccc(C(CNC(=O)C=Cc2cnn(C)c2)N(C)C)cc1. The summed E-state index contributed by atoms with van der Waals surface area (Å²) in [6.07, 6.45) is 7.93. The standard InChI is InChI=1S/C19H26N4O/c1-5-15-6-9-17(10-7-15)18(22(2)3)13-20-19(24)11-8-16-12-21-23(4)14-16/h6-12,14,18H,5,13H2,1-4H3,(H,20,24). The van der Waals surface area contributed by atoms with Crippen LogP contribution in [0.15, 0.2) is 42.7 Å². The van der Waals surface area contributed by atoms with E-state index in [-0.39, 0.29) is 11.9 Å². The molecule has 0 radical (unpaired) electrons. The Kier molecular flexibility index (Phi) is 6.32. The summed E-state index contributed by atoms with van der Waals surface area (Å²) in [6, 6.07) is 8.72. The number of aryl methyl sites for hydroxylation is 2. The van der Waals surface area contributed by atoms with Gasteiger partial charge in [0.05, 0.1) is 12.2 Å². The molecule has 0 fully saturated rings. The Morgan fingerprint density at radius 1 is 1.33 bits per heavy atom. The van der Waals surface area contributed by atoms with Crippen LogP contribution in [0.2, 0.25) is 0 Å². The van der Waals surface area contributed by atoms with Crippen LogP contribution >= 0.6 is 0 Å². The number of carbonyl (C=O) groups is 1. The first-order chi connectivity index (χ1) is 11.5. The maximum atomic E-state index is 12.0. The molecule has 1 heterocycles. The lowest BCUT2D eigenvalue weighted by molar-refractivity contribution is -0.116. The first-order valence-electron chi connectivity index (χ1n) is 8.19. The van der Waals surface area contributed by atoms with E-state index in [2.05, 4.69) is 46.5 Å². The fraction of sp³-hybridized carbons (Fsp3) is 0.368. The van der Waals surface area contributed by atoms with Gasteiger partial charge in [-0.25, -0.2) is 0 Å². The van der Waals surface area contributed by atoms with Crippen molar-refractivity contribution in [2.45, 2.75) is 19.4 Å². The summed E-state index contributed by atoms with van der Waals surface area (Å²) in [5.74, 6) is -0.101. The first-order valence-corrected chi connectivity index (χ1v) is 8.19. The highest BCUT2D eigenvalue weighted by Crippen LogP contribution is 2.18. The maximum absolute atomic E-state index is 12.0. The minimum absolute atomic E-state index is 0.101. The van der Waals surface area contributed by atoms with Crippen LogP contribution in [-0.4, -0.2) is 41.2 Å². The van der Waals surface area contributed by atoms with Crippen LogP contribution in [0.25, 0.3) is 6.08 Å². The Labute approximate surface area is 144 Å². The molecule has 1 atom stereocenters. The van der Waals surface area contributed by atoms with E-state index in [4.69, 9.17) is 0 Å². The van der Waals surface area contributed by atoms with Gasteiger partial charge in [0.2, 0.25) is 5.91 Å². The minimum Gasteiger partial charge on any atom is -0.351 e. The normalized spacial score (nSPS) is 12.7. The number of likely N-dealkylation sites (N-methyl/N-ethyl adjacent to an activating group) is 1. The van der Waals surface area contributed by atoms with E-state index in [1.165, 1.54) is 11.1 Å². The molecule has 0 saturated carbocycles. The Hall–Kier alpha value is -2.40. The number of nitrogens with zero attached hydrogens (tertiary/aromatic N) is 3. The number of amides is 1. The number of carbonyl (C=O) groups excluding carboxylic acids is 1. The quantitative estimate of drug-likeness (QED) is 0.795. The van der Waals surface area contributed by atoms with Crippen molar-refractivity contribution in [2.24, 2.45) is 7.05 Å². The molecule has 1 aromatic heterocycles. The lowest BCUT2D eigenvalue weighted by atomic mass is 10.0. The first kappa shape index (κ1) is 17.9. The second kappa shape index (κ2) is 8.45. The van der Waals surface area contributed by atoms with Crippen molar-refractivity contribution in [3.63, 3.8) is 0 Å². The third-order valence-corrected chi connectivity index (χ3v) is 4.02. The van der Waals surface area contributed by atoms with Gasteiger partial charge in [0.1, 0.15) is 0 Å². The fourth-order valence-corrected chi connectivity index (χ4v) is 2.53. The Balaban J connectivity index is 1.95. The lowest BCUT2D eigenvalue weighted by Crippen LogP contribution is -2.33. The zero-order valence-corrected chi connectivity index (χ0v) is 14.9. The third-order valence-electron chi connectivity index (χ3n) is 4.02. The second-order valence-corrected chi connectivity index (χ2v) is 6.10. The summed E-state index contributed by atoms with van der Waals surface area (Å²) in [5, 5.41) is 7.05. The van der Waals surface area contributed by atoms with Crippen molar-refractivity contribution in [1.82, 2.24) is 20.0 Å². The van der Waals surface area contributed by atoms with Gasteiger partial charge in [-0.05, 0) is 37.7 Å². The van der Waals surface area contributed by atoms with Gasteiger partial charge >= 0.3 is 0 Å². The zero-order chi connectivity index (χ0) is 17.5. The number of hydrogen-bond acceptors (Lipinski definition) is 3. The molecule has 2 rings (SSSR count). The highest BCUT2D eigenvalue weighted by Gasteiger charge is 2.14. The average molecular weight is 326 g/mol.